The average molecular weight is 312 g/mol. The number of halogens is 1. The third kappa shape index (κ3) is 3.30. The summed E-state index contributed by atoms with van der Waals surface area (Å²) in [5.74, 6) is 0.0615. The Balaban J connectivity index is 2.05. The van der Waals surface area contributed by atoms with Gasteiger partial charge in [0.1, 0.15) is 5.82 Å². The van der Waals surface area contributed by atoms with Crippen molar-refractivity contribution in [3.8, 4) is 0 Å². The molecule has 0 saturated heterocycles. The summed E-state index contributed by atoms with van der Waals surface area (Å²) in [6.45, 7) is 1.12. The van der Waals surface area contributed by atoms with Crippen LogP contribution in [-0.4, -0.2) is 39.5 Å². The lowest BCUT2D eigenvalue weighted by atomic mass is 10.3. The van der Waals surface area contributed by atoms with E-state index in [0.29, 0.717) is 13.1 Å². The molecular formula is C12H14BrN3O2. The standard InChI is InChI=1S/C12H14BrN3O2/c1-16(5-4-12(17)18)7-11-14-9-3-2-8(13)6-10(9)15-11/h2-3,6H,4-5,7H2,1H3,(H,14,15)(H,17,18). The Morgan fingerprint density at radius 3 is 3.06 bits per heavy atom. The molecule has 0 atom stereocenters. The molecule has 0 amide bonds. The van der Waals surface area contributed by atoms with Crippen LogP contribution in [0, 0.1) is 0 Å². The normalized spacial score (nSPS) is 11.3. The molecule has 18 heavy (non-hydrogen) atoms. The lowest BCUT2D eigenvalue weighted by Gasteiger charge is -2.12. The molecule has 2 N–H and O–H groups in total. The van der Waals surface area contributed by atoms with Gasteiger partial charge in [0.2, 0.25) is 0 Å². The zero-order valence-electron chi connectivity index (χ0n) is 9.98. The smallest absolute Gasteiger partial charge is 0.304 e. The van der Waals surface area contributed by atoms with Gasteiger partial charge in [0.25, 0.3) is 0 Å². The van der Waals surface area contributed by atoms with Gasteiger partial charge in [-0.2, -0.15) is 0 Å². The van der Waals surface area contributed by atoms with Crippen LogP contribution >= 0.6 is 15.9 Å². The Morgan fingerprint density at radius 1 is 1.56 bits per heavy atom. The van der Waals surface area contributed by atoms with Gasteiger partial charge >= 0.3 is 5.97 Å². The maximum atomic E-state index is 10.5. The summed E-state index contributed by atoms with van der Waals surface area (Å²) < 4.78 is 1.00. The second-order valence-electron chi connectivity index (χ2n) is 4.23. The van der Waals surface area contributed by atoms with Crippen molar-refractivity contribution < 1.29 is 9.90 Å². The largest absolute Gasteiger partial charge is 0.481 e. The van der Waals surface area contributed by atoms with Crippen molar-refractivity contribution in [1.82, 2.24) is 14.9 Å². The molecule has 0 unspecified atom stereocenters. The molecule has 96 valence electrons. The number of hydrogen-bond acceptors (Lipinski definition) is 3. The SMILES string of the molecule is CN(CCC(=O)O)Cc1nc2ccc(Br)cc2[nH]1. The van der Waals surface area contributed by atoms with Gasteiger partial charge in [-0.15, -0.1) is 0 Å². The molecule has 0 radical (unpaired) electrons. The highest BCUT2D eigenvalue weighted by Gasteiger charge is 2.07. The van der Waals surface area contributed by atoms with E-state index in [4.69, 9.17) is 5.11 Å². The maximum Gasteiger partial charge on any atom is 0.304 e. The third-order valence-electron chi connectivity index (χ3n) is 2.62. The molecule has 6 heteroatoms. The molecule has 2 rings (SSSR count). The number of nitrogens with one attached hydrogen (secondary N) is 1. The van der Waals surface area contributed by atoms with Gasteiger partial charge in [0.05, 0.1) is 24.0 Å². The van der Waals surface area contributed by atoms with Crippen LogP contribution in [0.3, 0.4) is 0 Å². The predicted octanol–water partition coefficient (Wildman–Crippen LogP) is 2.23. The number of aliphatic carboxylic acids is 1. The number of imidazole rings is 1. The van der Waals surface area contributed by atoms with Crippen LogP contribution in [0.25, 0.3) is 11.0 Å². The van der Waals surface area contributed by atoms with Gasteiger partial charge in [-0.05, 0) is 25.2 Å². The molecule has 5 nitrogen and oxygen atoms in total. The Morgan fingerprint density at radius 2 is 2.33 bits per heavy atom. The number of carboxylic acids is 1. The molecule has 0 aliphatic carbocycles. The number of aromatic amines is 1. The first kappa shape index (κ1) is 13.0. The van der Waals surface area contributed by atoms with Crippen LogP contribution in [-0.2, 0) is 11.3 Å². The van der Waals surface area contributed by atoms with E-state index in [1.165, 1.54) is 0 Å². The highest BCUT2D eigenvalue weighted by molar-refractivity contribution is 9.10. The molecule has 1 aromatic carbocycles. The van der Waals surface area contributed by atoms with Gasteiger partial charge in [-0.1, -0.05) is 15.9 Å². The fraction of sp³-hybridized carbons (Fsp3) is 0.333. The monoisotopic (exact) mass is 311 g/mol. The summed E-state index contributed by atoms with van der Waals surface area (Å²) in [7, 11) is 1.88. The van der Waals surface area contributed by atoms with Crippen molar-refractivity contribution in [2.45, 2.75) is 13.0 Å². The Kier molecular flexibility index (Phi) is 3.98. The Labute approximate surface area is 113 Å². The fourth-order valence-electron chi connectivity index (χ4n) is 1.73. The number of rotatable bonds is 5. The second-order valence-corrected chi connectivity index (χ2v) is 5.14. The number of hydrogen-bond donors (Lipinski definition) is 2. The number of carboxylic acid groups (broad SMARTS) is 1. The lowest BCUT2D eigenvalue weighted by molar-refractivity contribution is -0.137. The van der Waals surface area contributed by atoms with Gasteiger partial charge in [0.15, 0.2) is 0 Å². The molecule has 0 spiro atoms. The summed E-state index contributed by atoms with van der Waals surface area (Å²) in [4.78, 5) is 20.1. The summed E-state index contributed by atoms with van der Waals surface area (Å²) >= 11 is 3.41. The topological polar surface area (TPSA) is 69.2 Å². The summed E-state index contributed by atoms with van der Waals surface area (Å²) in [6.07, 6.45) is 0.141. The number of H-pyrrole nitrogens is 1. The minimum atomic E-state index is -0.782. The molecule has 0 fully saturated rings. The van der Waals surface area contributed by atoms with E-state index in [1.54, 1.807) is 0 Å². The maximum absolute atomic E-state index is 10.5. The van der Waals surface area contributed by atoms with E-state index in [1.807, 2.05) is 30.1 Å². The van der Waals surface area contributed by atoms with Crippen molar-refractivity contribution in [1.29, 1.82) is 0 Å². The van der Waals surface area contributed by atoms with Crippen LogP contribution in [0.15, 0.2) is 22.7 Å². The number of aromatic nitrogens is 2. The van der Waals surface area contributed by atoms with Crippen LogP contribution in [0.5, 0.6) is 0 Å². The number of carbonyl (C=O) groups is 1. The summed E-state index contributed by atoms with van der Waals surface area (Å²) in [5.41, 5.74) is 1.89. The highest BCUT2D eigenvalue weighted by Crippen LogP contribution is 2.18. The van der Waals surface area contributed by atoms with E-state index in [0.717, 1.165) is 21.3 Å². The van der Waals surface area contributed by atoms with Crippen molar-refractivity contribution in [2.24, 2.45) is 0 Å². The van der Waals surface area contributed by atoms with Crippen molar-refractivity contribution in [3.05, 3.63) is 28.5 Å². The van der Waals surface area contributed by atoms with E-state index in [-0.39, 0.29) is 6.42 Å². The quantitative estimate of drug-likeness (QED) is 0.888. The minimum absolute atomic E-state index is 0.141. The number of nitrogens with zero attached hydrogens (tertiary/aromatic N) is 2. The van der Waals surface area contributed by atoms with Crippen LogP contribution in [0.2, 0.25) is 0 Å². The van der Waals surface area contributed by atoms with E-state index >= 15 is 0 Å². The molecule has 0 aliphatic rings. The van der Waals surface area contributed by atoms with Crippen molar-refractivity contribution >= 4 is 32.9 Å². The minimum Gasteiger partial charge on any atom is -0.481 e. The Hall–Kier alpha value is -1.40. The van der Waals surface area contributed by atoms with E-state index in [2.05, 4.69) is 25.9 Å². The van der Waals surface area contributed by atoms with Crippen molar-refractivity contribution in [2.75, 3.05) is 13.6 Å². The van der Waals surface area contributed by atoms with Crippen LogP contribution in [0.1, 0.15) is 12.2 Å². The summed E-state index contributed by atoms with van der Waals surface area (Å²) in [6, 6.07) is 5.86. The Bertz CT molecular complexity index is 567. The third-order valence-corrected chi connectivity index (χ3v) is 3.11. The lowest BCUT2D eigenvalue weighted by Crippen LogP contribution is -2.21. The number of benzene rings is 1. The molecule has 0 aliphatic heterocycles. The van der Waals surface area contributed by atoms with Gasteiger partial charge in [-0.25, -0.2) is 4.98 Å². The van der Waals surface area contributed by atoms with Gasteiger partial charge in [-0.3, -0.25) is 9.69 Å². The van der Waals surface area contributed by atoms with Crippen LogP contribution in [0.4, 0.5) is 0 Å². The zero-order chi connectivity index (χ0) is 13.1. The first-order valence-corrected chi connectivity index (χ1v) is 6.38. The molecule has 0 bridgehead atoms. The van der Waals surface area contributed by atoms with E-state index < -0.39 is 5.97 Å². The van der Waals surface area contributed by atoms with Gasteiger partial charge < -0.3 is 10.1 Å². The number of fused-ring (bicyclic) bond motifs is 1. The summed E-state index contributed by atoms with van der Waals surface area (Å²) in [5, 5.41) is 8.62. The fourth-order valence-corrected chi connectivity index (χ4v) is 2.09. The zero-order valence-corrected chi connectivity index (χ0v) is 11.6. The molecule has 2 aromatic rings. The first-order valence-electron chi connectivity index (χ1n) is 5.59. The van der Waals surface area contributed by atoms with Crippen molar-refractivity contribution in [3.63, 3.8) is 0 Å². The molecule has 0 saturated carbocycles. The second kappa shape index (κ2) is 5.49. The predicted molar refractivity (Wildman–Crippen MR) is 72.4 cm³/mol. The van der Waals surface area contributed by atoms with E-state index in [9.17, 15) is 4.79 Å². The van der Waals surface area contributed by atoms with Gasteiger partial charge in [0, 0.05) is 11.0 Å². The molecular weight excluding hydrogens is 298 g/mol. The average Bonchev–Trinajstić information content (AvgIpc) is 2.67. The first-order chi connectivity index (χ1) is 8.54. The molecule has 1 heterocycles. The highest BCUT2D eigenvalue weighted by atomic mass is 79.9. The van der Waals surface area contributed by atoms with Crippen LogP contribution < -0.4 is 0 Å². The molecule has 1 aromatic heterocycles.